The van der Waals surface area contributed by atoms with Crippen LogP contribution in [0.2, 0.25) is 0 Å². The number of fused-ring (bicyclic) bond motifs is 7. The first kappa shape index (κ1) is 36.5. The average molecular weight is 796 g/mol. The van der Waals surface area contributed by atoms with Crippen LogP contribution < -0.4 is 0 Å². The van der Waals surface area contributed by atoms with Crippen LogP contribution in [-0.4, -0.2) is 37.0 Å². The van der Waals surface area contributed by atoms with Gasteiger partial charge < -0.3 is 9.13 Å². The lowest BCUT2D eigenvalue weighted by Crippen LogP contribution is -2.07. The second-order valence-corrected chi connectivity index (χ2v) is 15.1. The summed E-state index contributed by atoms with van der Waals surface area (Å²) in [4.78, 5) is 18.3. The molecule has 1 N–H and O–H groups in total. The maximum Gasteiger partial charge on any atom is 0.163 e. The lowest BCUT2D eigenvalue weighted by atomic mass is 9.92. The molecule has 292 valence electrons. The van der Waals surface area contributed by atoms with Crippen molar-refractivity contribution in [2.24, 2.45) is 9.98 Å². The van der Waals surface area contributed by atoms with Crippen molar-refractivity contribution in [3.8, 4) is 33.6 Å². The molecule has 0 amide bonds. The van der Waals surface area contributed by atoms with Crippen molar-refractivity contribution < 1.29 is 0 Å². The quantitative estimate of drug-likeness (QED) is 0.129. The van der Waals surface area contributed by atoms with Crippen molar-refractivity contribution in [3.05, 3.63) is 230 Å². The van der Waals surface area contributed by atoms with E-state index < -0.39 is 0 Å². The topological polar surface area (TPSA) is 84.2 Å². The highest BCUT2D eigenvalue weighted by atomic mass is 15.0. The predicted octanol–water partition coefficient (Wildman–Crippen LogP) is 12.9. The number of hydrogen-bond acceptors (Lipinski definition) is 3. The van der Waals surface area contributed by atoms with Crippen LogP contribution >= 0.6 is 0 Å². The molecule has 0 unspecified atom stereocenters. The van der Waals surface area contributed by atoms with Crippen molar-refractivity contribution in [2.45, 2.75) is 0 Å². The lowest BCUT2D eigenvalue weighted by Gasteiger charge is -2.21. The minimum Gasteiger partial charge on any atom is -0.309 e. The number of pyridine rings is 2. The average Bonchev–Trinajstić information content (AvgIpc) is 3.86. The molecule has 0 fully saturated rings. The second kappa shape index (κ2) is 15.6. The van der Waals surface area contributed by atoms with E-state index in [1.165, 1.54) is 16.2 Å². The van der Waals surface area contributed by atoms with Gasteiger partial charge in [0.05, 0.1) is 27.8 Å². The van der Waals surface area contributed by atoms with Crippen LogP contribution in [0, 0.1) is 5.41 Å². The number of nitrogens with one attached hydrogen (secondary N) is 1. The third-order valence-electron chi connectivity index (χ3n) is 11.4. The first-order chi connectivity index (χ1) is 30.7. The Morgan fingerprint density at radius 3 is 1.74 bits per heavy atom. The van der Waals surface area contributed by atoms with Gasteiger partial charge in [-0.05, 0) is 71.8 Å². The van der Waals surface area contributed by atoms with Gasteiger partial charge in [0.1, 0.15) is 0 Å². The molecule has 11 aromatic rings. The van der Waals surface area contributed by atoms with E-state index in [2.05, 4.69) is 171 Å². The summed E-state index contributed by atoms with van der Waals surface area (Å²) in [5, 5.41) is 14.4. The molecule has 11 rings (SSSR count). The van der Waals surface area contributed by atoms with Gasteiger partial charge in [0.15, 0.2) is 11.7 Å². The molecule has 0 aliphatic heterocycles. The maximum atomic E-state index is 9.66. The predicted molar refractivity (Wildman–Crippen MR) is 255 cm³/mol. The zero-order valence-corrected chi connectivity index (χ0v) is 33.5. The first-order valence-corrected chi connectivity index (χ1v) is 20.5. The van der Waals surface area contributed by atoms with Crippen LogP contribution in [0.15, 0.2) is 223 Å². The highest BCUT2D eigenvalue weighted by Crippen LogP contribution is 2.46. The van der Waals surface area contributed by atoms with E-state index in [9.17, 15) is 5.41 Å². The molecule has 4 heterocycles. The van der Waals surface area contributed by atoms with Crippen molar-refractivity contribution in [1.82, 2.24) is 19.1 Å². The number of rotatable bonds is 7. The van der Waals surface area contributed by atoms with Crippen LogP contribution in [0.25, 0.3) is 77.2 Å². The second-order valence-electron chi connectivity index (χ2n) is 15.1. The summed E-state index contributed by atoms with van der Waals surface area (Å²) in [7, 11) is 0. The normalized spacial score (nSPS) is 12.0. The van der Waals surface area contributed by atoms with Gasteiger partial charge in [0.2, 0.25) is 0 Å². The fraction of sp³-hybridized carbons (Fsp3) is 0. The van der Waals surface area contributed by atoms with E-state index in [4.69, 9.17) is 9.98 Å². The van der Waals surface area contributed by atoms with Crippen molar-refractivity contribution in [2.75, 3.05) is 0 Å². The van der Waals surface area contributed by atoms with Crippen molar-refractivity contribution in [1.29, 1.82) is 5.41 Å². The molecule has 7 aromatic carbocycles. The van der Waals surface area contributed by atoms with Crippen molar-refractivity contribution >= 4 is 61.5 Å². The van der Waals surface area contributed by atoms with Gasteiger partial charge >= 0.3 is 0 Å². The number of amidine groups is 2. The summed E-state index contributed by atoms with van der Waals surface area (Å²) in [6.45, 7) is 0. The summed E-state index contributed by atoms with van der Waals surface area (Å²) in [6, 6.07) is 65.3. The number of aliphatic imine (C=N–C) groups is 2. The van der Waals surface area contributed by atoms with Gasteiger partial charge in [-0.1, -0.05) is 127 Å². The Morgan fingerprint density at radius 1 is 0.500 bits per heavy atom. The van der Waals surface area contributed by atoms with E-state index in [-0.39, 0.29) is 5.84 Å². The molecule has 0 bridgehead atoms. The molecular weight excluding hydrogens is 759 g/mol. The molecular formula is C55H37N7. The minimum atomic E-state index is 0.0735. The largest absolute Gasteiger partial charge is 0.309 e. The molecule has 0 saturated heterocycles. The molecule has 0 aliphatic rings. The molecule has 7 nitrogen and oxygen atoms in total. The Morgan fingerprint density at radius 2 is 1.10 bits per heavy atom. The summed E-state index contributed by atoms with van der Waals surface area (Å²) in [5.74, 6) is 0.447. The summed E-state index contributed by atoms with van der Waals surface area (Å²) >= 11 is 0. The molecule has 62 heavy (non-hydrogen) atoms. The zero-order chi connectivity index (χ0) is 41.4. The number of benzene rings is 7. The highest BCUT2D eigenvalue weighted by Gasteiger charge is 2.25. The standard InChI is InChI=1S/C55H37N7/c56-54(60-55(40-21-15-31-58-36-40)59-35-37-16-14-30-57-34-37)41-32-46(38-17-4-1-5-18-38)52(47(33-41)39-19-6-2-7-20-39)62-49-27-13-11-25-45(49)51-50(62)29-28-44-43-24-10-12-26-48(43)61(53(44)51)42-22-8-3-9-23-42/h1-36,56H/b56-54?,59-35+,60-55-. The third kappa shape index (κ3) is 6.36. The van der Waals surface area contributed by atoms with Gasteiger partial charge in [-0.15, -0.1) is 0 Å². The van der Waals surface area contributed by atoms with Crippen LogP contribution in [0.4, 0.5) is 0 Å². The van der Waals surface area contributed by atoms with Crippen molar-refractivity contribution in [3.63, 3.8) is 0 Å². The van der Waals surface area contributed by atoms with E-state index in [0.29, 0.717) is 17.0 Å². The maximum absolute atomic E-state index is 9.66. The van der Waals surface area contributed by atoms with E-state index >= 15 is 0 Å². The Bertz CT molecular complexity index is 3440. The number of aromatic nitrogens is 4. The molecule has 0 atom stereocenters. The molecule has 0 spiro atoms. The Hall–Kier alpha value is -8.55. The smallest absolute Gasteiger partial charge is 0.163 e. The van der Waals surface area contributed by atoms with Gasteiger partial charge in [-0.3, -0.25) is 15.4 Å². The first-order valence-electron chi connectivity index (χ1n) is 20.5. The number of nitrogens with zero attached hydrogens (tertiary/aromatic N) is 6. The Balaban J connectivity index is 1.22. The number of para-hydroxylation sites is 3. The van der Waals surface area contributed by atoms with Crippen LogP contribution in [0.1, 0.15) is 16.7 Å². The van der Waals surface area contributed by atoms with Gasteiger partial charge in [0.25, 0.3) is 0 Å². The summed E-state index contributed by atoms with van der Waals surface area (Å²) in [6.07, 6.45) is 8.63. The molecule has 0 aliphatic carbocycles. The van der Waals surface area contributed by atoms with E-state index in [0.717, 1.165) is 66.6 Å². The Labute approximate surface area is 357 Å². The molecule has 0 saturated carbocycles. The van der Waals surface area contributed by atoms with Gasteiger partial charge in [0, 0.05) is 86.1 Å². The van der Waals surface area contributed by atoms with Crippen LogP contribution in [0.3, 0.4) is 0 Å². The van der Waals surface area contributed by atoms with Crippen LogP contribution in [-0.2, 0) is 0 Å². The van der Waals surface area contributed by atoms with E-state index in [1.54, 1.807) is 31.0 Å². The minimum absolute atomic E-state index is 0.0735. The number of hydrogen-bond donors (Lipinski definition) is 1. The van der Waals surface area contributed by atoms with Gasteiger partial charge in [-0.2, -0.15) is 0 Å². The molecule has 7 heteroatoms. The Kier molecular flexibility index (Phi) is 9.17. The van der Waals surface area contributed by atoms with Crippen LogP contribution in [0.5, 0.6) is 0 Å². The highest BCUT2D eigenvalue weighted by molar-refractivity contribution is 6.26. The van der Waals surface area contributed by atoms with E-state index in [1.807, 2.05) is 36.4 Å². The SMILES string of the molecule is N=C(/N=C(\N=C\c1cccnc1)c1cccnc1)c1cc(-c2ccccc2)c(-n2c3ccccc3c3c2ccc2c4ccccc4n(-c4ccccc4)c23)c(-c2ccccc2)c1. The zero-order valence-electron chi connectivity index (χ0n) is 33.5. The fourth-order valence-electron chi connectivity index (χ4n) is 8.70. The monoisotopic (exact) mass is 795 g/mol. The lowest BCUT2D eigenvalue weighted by molar-refractivity contribution is 1.17. The third-order valence-corrected chi connectivity index (χ3v) is 11.4. The molecule has 4 aromatic heterocycles. The molecule has 0 radical (unpaired) electrons. The fourth-order valence-corrected chi connectivity index (χ4v) is 8.70. The van der Waals surface area contributed by atoms with Gasteiger partial charge in [-0.25, -0.2) is 9.98 Å². The summed E-state index contributed by atoms with van der Waals surface area (Å²) in [5.41, 5.74) is 12.8. The summed E-state index contributed by atoms with van der Waals surface area (Å²) < 4.78 is 4.84.